The zero-order valence-corrected chi connectivity index (χ0v) is 17.6. The number of ether oxygens (including phenoxy) is 1. The molecule has 0 N–H and O–H groups in total. The average molecular weight is 469 g/mol. The first-order valence-electron chi connectivity index (χ1n) is 8.60. The lowest BCUT2D eigenvalue weighted by molar-refractivity contribution is -0.763. The lowest BCUT2D eigenvalue weighted by Crippen LogP contribution is -2.36. The van der Waals surface area contributed by atoms with Gasteiger partial charge in [-0.3, -0.25) is 4.52 Å². The number of nitriles is 1. The van der Waals surface area contributed by atoms with E-state index in [-0.39, 0.29) is 22.4 Å². The number of hydrogen-bond donors (Lipinski definition) is 0. The number of alkyl halides is 3. The van der Waals surface area contributed by atoms with Crippen molar-refractivity contribution in [3.05, 3.63) is 40.9 Å². The van der Waals surface area contributed by atoms with E-state index in [4.69, 9.17) is 9.26 Å². The van der Waals surface area contributed by atoms with Gasteiger partial charge in [0.1, 0.15) is 17.7 Å². The summed E-state index contributed by atoms with van der Waals surface area (Å²) in [4.78, 5) is 8.41. The Hall–Kier alpha value is -2.95. The number of pyridine rings is 1. The molecule has 0 aromatic carbocycles. The summed E-state index contributed by atoms with van der Waals surface area (Å²) in [5, 5.41) is 26.6. The first-order valence-corrected chi connectivity index (χ1v) is 10.5. The molecule has 162 valence electrons. The van der Waals surface area contributed by atoms with Crippen LogP contribution in [0.1, 0.15) is 11.1 Å². The maximum absolute atomic E-state index is 13.5. The normalized spacial score (nSPS) is 12.2. The predicted molar refractivity (Wildman–Crippen MR) is 104 cm³/mol. The van der Waals surface area contributed by atoms with Crippen molar-refractivity contribution in [1.82, 2.24) is 10.3 Å². The third-order valence-corrected chi connectivity index (χ3v) is 5.62. The Kier molecular flexibility index (Phi) is 7.26. The number of aliphatic imine (C=N–C) groups is 1. The molecule has 0 fully saturated rings. The van der Waals surface area contributed by atoms with E-state index in [9.17, 15) is 23.5 Å². The van der Waals surface area contributed by atoms with Gasteiger partial charge < -0.3 is 9.84 Å². The molecule has 0 bridgehead atoms. The highest BCUT2D eigenvalue weighted by Gasteiger charge is 2.36. The summed E-state index contributed by atoms with van der Waals surface area (Å²) >= 11 is 1.91. The van der Waals surface area contributed by atoms with Gasteiger partial charge in [0.05, 0.1) is 21.7 Å². The van der Waals surface area contributed by atoms with Crippen LogP contribution >= 0.6 is 23.1 Å². The zero-order chi connectivity index (χ0) is 22.4. The van der Waals surface area contributed by atoms with Crippen LogP contribution in [-0.4, -0.2) is 35.6 Å². The van der Waals surface area contributed by atoms with Gasteiger partial charge in [-0.25, -0.2) is 9.98 Å². The number of hydrogen-bond acceptors (Lipinski definition) is 9. The highest BCUT2D eigenvalue weighted by atomic mass is 32.2. The highest BCUT2D eigenvalue weighted by Crippen LogP contribution is 2.38. The topological polar surface area (TPSA) is 111 Å². The third-order valence-electron chi connectivity index (χ3n) is 3.77. The first-order chi connectivity index (χ1) is 14.8. The maximum atomic E-state index is 13.5. The SMILES string of the molecule is COCC[n+]1cc(/N=C(/[O-])CSc2nc(-c3cccs3)cc(C(F)(F)F)c2C#N)on1. The van der Waals surface area contributed by atoms with Crippen LogP contribution in [0.4, 0.5) is 19.1 Å². The molecule has 0 aliphatic rings. The molecular weight excluding hydrogens is 455 g/mol. The van der Waals surface area contributed by atoms with Crippen LogP contribution in [0.15, 0.2) is 44.3 Å². The van der Waals surface area contributed by atoms with Gasteiger partial charge in [0.25, 0.3) is 6.20 Å². The minimum Gasteiger partial charge on any atom is -0.861 e. The fraction of sp³-hybridized carbons (Fsp3) is 0.278. The monoisotopic (exact) mass is 469 g/mol. The summed E-state index contributed by atoms with van der Waals surface area (Å²) in [6.07, 6.45) is -3.36. The van der Waals surface area contributed by atoms with Crippen molar-refractivity contribution >= 4 is 34.9 Å². The van der Waals surface area contributed by atoms with Crippen molar-refractivity contribution in [3.63, 3.8) is 0 Å². The Morgan fingerprint density at radius 3 is 2.94 bits per heavy atom. The number of methoxy groups -OCH3 is 1. The van der Waals surface area contributed by atoms with E-state index in [1.54, 1.807) is 23.6 Å². The molecule has 3 aromatic rings. The summed E-state index contributed by atoms with van der Waals surface area (Å²) in [5.74, 6) is -1.08. The van der Waals surface area contributed by atoms with Crippen molar-refractivity contribution in [3.8, 4) is 16.6 Å². The van der Waals surface area contributed by atoms with Crippen molar-refractivity contribution in [2.75, 3.05) is 19.5 Å². The maximum Gasteiger partial charge on any atom is 0.417 e. The minimum absolute atomic E-state index is 0.0570. The zero-order valence-electron chi connectivity index (χ0n) is 15.9. The second-order valence-electron chi connectivity index (χ2n) is 5.91. The third kappa shape index (κ3) is 5.81. The molecule has 13 heteroatoms. The van der Waals surface area contributed by atoms with Gasteiger partial charge in [0.15, 0.2) is 0 Å². The van der Waals surface area contributed by atoms with Crippen LogP contribution < -0.4 is 9.79 Å². The van der Waals surface area contributed by atoms with Gasteiger partial charge in [-0.2, -0.15) is 18.4 Å². The van der Waals surface area contributed by atoms with Crippen molar-refractivity contribution in [2.45, 2.75) is 17.7 Å². The van der Waals surface area contributed by atoms with E-state index >= 15 is 0 Å². The number of aromatic nitrogens is 3. The molecule has 3 rings (SSSR count). The highest BCUT2D eigenvalue weighted by molar-refractivity contribution is 7.99. The fourth-order valence-corrected chi connectivity index (χ4v) is 3.88. The van der Waals surface area contributed by atoms with Crippen LogP contribution in [0.5, 0.6) is 0 Å². The molecule has 0 radical (unpaired) electrons. The molecule has 0 saturated carbocycles. The standard InChI is InChI=1S/C18H14F3N5O3S2/c1-28-5-4-26-9-16(29-25-26)24-15(27)10-31-17-11(8-22)12(18(19,20)21)7-13(23-17)14-3-2-6-30-14/h2-3,6-7,9H,4-5,10H2,1H3. The van der Waals surface area contributed by atoms with Crippen LogP contribution in [-0.2, 0) is 17.5 Å². The molecule has 0 unspecified atom stereocenters. The molecule has 0 amide bonds. The summed E-state index contributed by atoms with van der Waals surface area (Å²) in [7, 11) is 1.52. The van der Waals surface area contributed by atoms with Gasteiger partial charge >= 0.3 is 12.1 Å². The van der Waals surface area contributed by atoms with E-state index in [0.717, 1.165) is 6.07 Å². The Bertz CT molecular complexity index is 1110. The first kappa shape index (κ1) is 22.7. The molecule has 3 heterocycles. The largest absolute Gasteiger partial charge is 0.861 e. The number of halogens is 3. The summed E-state index contributed by atoms with van der Waals surface area (Å²) < 4.78 is 51.7. The second kappa shape index (κ2) is 9.90. The molecule has 0 saturated heterocycles. The van der Waals surface area contributed by atoms with Gasteiger partial charge in [-0.1, -0.05) is 17.8 Å². The number of thiophene rings is 1. The van der Waals surface area contributed by atoms with E-state index in [1.165, 1.54) is 29.3 Å². The predicted octanol–water partition coefficient (Wildman–Crippen LogP) is 2.81. The van der Waals surface area contributed by atoms with Gasteiger partial charge in [0, 0.05) is 12.9 Å². The molecule has 0 aliphatic heterocycles. The van der Waals surface area contributed by atoms with E-state index in [2.05, 4.69) is 15.2 Å². The smallest absolute Gasteiger partial charge is 0.417 e. The molecule has 0 atom stereocenters. The van der Waals surface area contributed by atoms with E-state index < -0.39 is 23.2 Å². The molecule has 3 aromatic heterocycles. The summed E-state index contributed by atoms with van der Waals surface area (Å²) in [6, 6.07) is 5.70. The van der Waals surface area contributed by atoms with Crippen molar-refractivity contribution < 1.29 is 32.2 Å². The van der Waals surface area contributed by atoms with E-state index in [0.29, 0.717) is 29.8 Å². The number of rotatable bonds is 8. The summed E-state index contributed by atoms with van der Waals surface area (Å²) in [5.41, 5.74) is -1.67. The Labute approximate surface area is 182 Å². The molecule has 8 nitrogen and oxygen atoms in total. The van der Waals surface area contributed by atoms with Crippen molar-refractivity contribution in [1.29, 1.82) is 5.26 Å². The van der Waals surface area contributed by atoms with Gasteiger partial charge in [0.2, 0.25) is 11.8 Å². The van der Waals surface area contributed by atoms with Gasteiger partial charge in [-0.15, -0.1) is 11.3 Å². The van der Waals surface area contributed by atoms with Crippen LogP contribution in [0, 0.1) is 11.3 Å². The molecule has 0 aliphatic carbocycles. The van der Waals surface area contributed by atoms with Crippen LogP contribution in [0.3, 0.4) is 0 Å². The second-order valence-corrected chi connectivity index (χ2v) is 7.82. The van der Waals surface area contributed by atoms with Gasteiger partial charge in [-0.05, 0) is 28.1 Å². The van der Waals surface area contributed by atoms with E-state index in [1.807, 2.05) is 0 Å². The number of thioether (sulfide) groups is 1. The Balaban J connectivity index is 1.85. The quantitative estimate of drug-likeness (QED) is 0.216. The lowest BCUT2D eigenvalue weighted by Gasteiger charge is -2.14. The average Bonchev–Trinajstić information content (AvgIpc) is 3.41. The van der Waals surface area contributed by atoms with Crippen LogP contribution in [0.25, 0.3) is 10.6 Å². The minimum atomic E-state index is -4.75. The van der Waals surface area contributed by atoms with Crippen LogP contribution in [0.2, 0.25) is 0 Å². The fourth-order valence-electron chi connectivity index (χ4n) is 2.40. The Morgan fingerprint density at radius 2 is 2.29 bits per heavy atom. The molecule has 0 spiro atoms. The lowest BCUT2D eigenvalue weighted by atomic mass is 10.1. The van der Waals surface area contributed by atoms with Crippen molar-refractivity contribution in [2.24, 2.45) is 4.99 Å². The molecule has 31 heavy (non-hydrogen) atoms. The number of nitrogens with zero attached hydrogens (tertiary/aromatic N) is 5. The molecular formula is C18H14F3N5O3S2. The Morgan fingerprint density at radius 1 is 1.48 bits per heavy atom. The summed E-state index contributed by atoms with van der Waals surface area (Å²) in [6.45, 7) is 0.773.